The summed E-state index contributed by atoms with van der Waals surface area (Å²) in [6.45, 7) is 3.75. The molecule has 2 aliphatic rings. The van der Waals surface area contributed by atoms with E-state index in [2.05, 4.69) is 16.7 Å². The standard InChI is InChI=1S/C25H26N4O3/c1-16(2)27-22(30)19(12-17-8-4-3-5-9-17)23(31)29-15-25(13-18(29)14-26)20-10-6-7-11-21(20)28-24(25)32/h3-11,16,18-19H,12-13,15H2,1-2H3,(H,27,30)(H,28,32)/t18-,19?,25-/m0/s1. The van der Waals surface area contributed by atoms with Crippen molar-refractivity contribution in [2.45, 2.75) is 44.2 Å². The molecule has 4 rings (SSSR count). The lowest BCUT2D eigenvalue weighted by atomic mass is 9.80. The average molecular weight is 431 g/mol. The molecular formula is C25H26N4O3. The third-order valence-electron chi connectivity index (χ3n) is 6.24. The van der Waals surface area contributed by atoms with E-state index < -0.39 is 23.3 Å². The van der Waals surface area contributed by atoms with Crippen LogP contribution in [0.15, 0.2) is 54.6 Å². The van der Waals surface area contributed by atoms with Crippen LogP contribution in [0.4, 0.5) is 5.69 Å². The first-order valence-electron chi connectivity index (χ1n) is 10.8. The maximum atomic E-state index is 13.7. The highest BCUT2D eigenvalue weighted by Crippen LogP contribution is 2.46. The average Bonchev–Trinajstić information content (AvgIpc) is 3.30. The summed E-state index contributed by atoms with van der Waals surface area (Å²) in [4.78, 5) is 41.1. The minimum absolute atomic E-state index is 0.0765. The van der Waals surface area contributed by atoms with E-state index in [-0.39, 0.29) is 37.2 Å². The van der Waals surface area contributed by atoms with Gasteiger partial charge in [0.05, 0.1) is 11.5 Å². The Morgan fingerprint density at radius 2 is 1.88 bits per heavy atom. The summed E-state index contributed by atoms with van der Waals surface area (Å²) in [6, 6.07) is 18.0. The molecule has 1 spiro atoms. The summed E-state index contributed by atoms with van der Waals surface area (Å²) in [5.74, 6) is -1.98. The zero-order valence-electron chi connectivity index (χ0n) is 18.2. The van der Waals surface area contributed by atoms with Crippen molar-refractivity contribution in [1.29, 1.82) is 5.26 Å². The summed E-state index contributed by atoms with van der Waals surface area (Å²) in [7, 11) is 0. The second-order valence-electron chi connectivity index (χ2n) is 8.80. The molecule has 0 bridgehead atoms. The number of para-hydroxylation sites is 1. The van der Waals surface area contributed by atoms with Gasteiger partial charge in [0.25, 0.3) is 0 Å². The molecule has 0 radical (unpaired) electrons. The topological polar surface area (TPSA) is 102 Å². The fourth-order valence-corrected chi connectivity index (χ4v) is 4.71. The minimum atomic E-state index is -0.981. The molecular weight excluding hydrogens is 404 g/mol. The molecule has 2 heterocycles. The van der Waals surface area contributed by atoms with Crippen LogP contribution in [0, 0.1) is 17.2 Å². The van der Waals surface area contributed by atoms with Gasteiger partial charge in [0, 0.05) is 24.7 Å². The number of benzene rings is 2. The lowest BCUT2D eigenvalue weighted by Crippen LogP contribution is -2.48. The number of carbonyl (C=O) groups excluding carboxylic acids is 3. The predicted octanol–water partition coefficient (Wildman–Crippen LogP) is 2.38. The molecule has 1 saturated heterocycles. The van der Waals surface area contributed by atoms with Crippen molar-refractivity contribution >= 4 is 23.4 Å². The normalized spacial score (nSPS) is 22.4. The Labute approximate surface area is 187 Å². The largest absolute Gasteiger partial charge is 0.353 e. The summed E-state index contributed by atoms with van der Waals surface area (Å²) in [6.07, 6.45) is 0.435. The van der Waals surface area contributed by atoms with E-state index in [0.717, 1.165) is 11.1 Å². The Morgan fingerprint density at radius 3 is 2.56 bits per heavy atom. The van der Waals surface area contributed by atoms with Crippen molar-refractivity contribution in [1.82, 2.24) is 10.2 Å². The SMILES string of the molecule is CC(C)NC(=O)C(Cc1ccccc1)C(=O)N1C[C@]2(C[C@H]1C#N)C(=O)Nc1ccccc12. The van der Waals surface area contributed by atoms with Gasteiger partial charge in [-0.05, 0) is 37.5 Å². The molecule has 3 amide bonds. The molecule has 0 aliphatic carbocycles. The Hall–Kier alpha value is -3.66. The summed E-state index contributed by atoms with van der Waals surface area (Å²) < 4.78 is 0. The van der Waals surface area contributed by atoms with E-state index in [0.29, 0.717) is 5.69 Å². The fourth-order valence-electron chi connectivity index (χ4n) is 4.71. The number of carbonyl (C=O) groups is 3. The van der Waals surface area contributed by atoms with E-state index in [4.69, 9.17) is 0 Å². The van der Waals surface area contributed by atoms with Crippen LogP contribution in [0.3, 0.4) is 0 Å². The molecule has 1 fully saturated rings. The first kappa shape index (κ1) is 21.6. The number of likely N-dealkylation sites (tertiary alicyclic amines) is 1. The molecule has 2 aliphatic heterocycles. The van der Waals surface area contributed by atoms with Gasteiger partial charge in [-0.1, -0.05) is 48.5 Å². The molecule has 7 heteroatoms. The molecule has 2 aromatic carbocycles. The molecule has 7 nitrogen and oxygen atoms in total. The summed E-state index contributed by atoms with van der Waals surface area (Å²) >= 11 is 0. The number of rotatable bonds is 5. The molecule has 3 atom stereocenters. The van der Waals surface area contributed by atoms with Gasteiger partial charge >= 0.3 is 0 Å². The highest BCUT2D eigenvalue weighted by Gasteiger charge is 2.56. The molecule has 2 aromatic rings. The summed E-state index contributed by atoms with van der Waals surface area (Å²) in [5.41, 5.74) is 1.39. The number of hydrogen-bond acceptors (Lipinski definition) is 4. The van der Waals surface area contributed by atoms with Gasteiger partial charge < -0.3 is 15.5 Å². The zero-order chi connectivity index (χ0) is 22.9. The fraction of sp³-hybridized carbons (Fsp3) is 0.360. The molecule has 164 valence electrons. The Bertz CT molecular complexity index is 1090. The van der Waals surface area contributed by atoms with E-state index in [1.54, 1.807) is 0 Å². The van der Waals surface area contributed by atoms with Crippen molar-refractivity contribution in [3.8, 4) is 6.07 Å². The first-order valence-corrected chi connectivity index (χ1v) is 10.8. The molecule has 1 unspecified atom stereocenters. The van der Waals surface area contributed by atoms with Crippen LogP contribution >= 0.6 is 0 Å². The van der Waals surface area contributed by atoms with E-state index in [9.17, 15) is 19.6 Å². The van der Waals surface area contributed by atoms with Crippen LogP contribution in [0.5, 0.6) is 0 Å². The second-order valence-corrected chi connectivity index (χ2v) is 8.80. The maximum absolute atomic E-state index is 13.7. The third kappa shape index (κ3) is 3.73. The van der Waals surface area contributed by atoms with Crippen molar-refractivity contribution in [2.24, 2.45) is 5.92 Å². The van der Waals surface area contributed by atoms with Gasteiger partial charge in [-0.15, -0.1) is 0 Å². The van der Waals surface area contributed by atoms with Crippen LogP contribution in [-0.2, 0) is 26.2 Å². The summed E-state index contributed by atoms with van der Waals surface area (Å²) in [5, 5.41) is 15.6. The van der Waals surface area contributed by atoms with Crippen LogP contribution in [0.25, 0.3) is 0 Å². The Balaban J connectivity index is 1.66. The number of amides is 3. The monoisotopic (exact) mass is 430 g/mol. The Morgan fingerprint density at radius 1 is 1.19 bits per heavy atom. The number of anilines is 1. The number of nitriles is 1. The maximum Gasteiger partial charge on any atom is 0.237 e. The number of nitrogens with zero attached hydrogens (tertiary/aromatic N) is 2. The molecule has 2 N–H and O–H groups in total. The third-order valence-corrected chi connectivity index (χ3v) is 6.24. The van der Waals surface area contributed by atoms with E-state index >= 15 is 0 Å². The first-order chi connectivity index (χ1) is 15.4. The number of hydrogen-bond donors (Lipinski definition) is 2. The number of fused-ring (bicyclic) bond motifs is 2. The van der Waals surface area contributed by atoms with Crippen LogP contribution in [-0.4, -0.2) is 41.2 Å². The smallest absolute Gasteiger partial charge is 0.237 e. The second kappa shape index (κ2) is 8.46. The minimum Gasteiger partial charge on any atom is -0.353 e. The molecule has 0 aromatic heterocycles. The predicted molar refractivity (Wildman–Crippen MR) is 119 cm³/mol. The van der Waals surface area contributed by atoms with E-state index in [1.165, 1.54) is 4.90 Å². The van der Waals surface area contributed by atoms with E-state index in [1.807, 2.05) is 68.4 Å². The lowest BCUT2D eigenvalue weighted by Gasteiger charge is -2.27. The zero-order valence-corrected chi connectivity index (χ0v) is 18.2. The highest BCUT2D eigenvalue weighted by atomic mass is 16.2. The van der Waals surface area contributed by atoms with Gasteiger partial charge in [0.15, 0.2) is 0 Å². The van der Waals surface area contributed by atoms with Crippen molar-refractivity contribution < 1.29 is 14.4 Å². The molecule has 0 saturated carbocycles. The van der Waals surface area contributed by atoms with Crippen molar-refractivity contribution in [3.05, 3.63) is 65.7 Å². The van der Waals surface area contributed by atoms with Gasteiger partial charge in [0.2, 0.25) is 17.7 Å². The van der Waals surface area contributed by atoms with Gasteiger partial charge in [0.1, 0.15) is 12.0 Å². The number of nitrogens with one attached hydrogen (secondary N) is 2. The van der Waals surface area contributed by atoms with Gasteiger partial charge in [-0.3, -0.25) is 14.4 Å². The van der Waals surface area contributed by atoms with Crippen LogP contribution in [0.2, 0.25) is 0 Å². The van der Waals surface area contributed by atoms with Crippen LogP contribution < -0.4 is 10.6 Å². The molecule has 32 heavy (non-hydrogen) atoms. The quantitative estimate of drug-likeness (QED) is 0.711. The van der Waals surface area contributed by atoms with Gasteiger partial charge in [-0.25, -0.2) is 0 Å². The van der Waals surface area contributed by atoms with Crippen molar-refractivity contribution in [3.63, 3.8) is 0 Å². The Kier molecular flexibility index (Phi) is 5.70. The highest BCUT2D eigenvalue weighted by molar-refractivity contribution is 6.08. The van der Waals surface area contributed by atoms with Crippen LogP contribution in [0.1, 0.15) is 31.4 Å². The lowest BCUT2D eigenvalue weighted by molar-refractivity contribution is -0.142. The van der Waals surface area contributed by atoms with Crippen molar-refractivity contribution in [2.75, 3.05) is 11.9 Å². The van der Waals surface area contributed by atoms with Gasteiger partial charge in [-0.2, -0.15) is 5.26 Å².